The molecule has 0 aromatic carbocycles. The molecule has 3 atom stereocenters. The summed E-state index contributed by atoms with van der Waals surface area (Å²) in [5.74, 6) is 0. The van der Waals surface area contributed by atoms with Gasteiger partial charge in [0, 0.05) is 6.54 Å². The van der Waals surface area contributed by atoms with Gasteiger partial charge in [0.25, 0.3) is 0 Å². The monoisotopic (exact) mass is 147 g/mol. The molecule has 0 aromatic rings. The zero-order valence-electron chi connectivity index (χ0n) is 5.94. The lowest BCUT2D eigenvalue weighted by Crippen LogP contribution is -2.36. The normalized spacial score (nSPS) is 42.6. The molecule has 60 valence electrons. The van der Waals surface area contributed by atoms with Crippen LogP contribution < -0.4 is 0 Å². The van der Waals surface area contributed by atoms with E-state index < -0.39 is 12.2 Å². The van der Waals surface area contributed by atoms with Crippen molar-refractivity contribution >= 4 is 0 Å². The van der Waals surface area contributed by atoms with Crippen molar-refractivity contribution in [3.8, 4) is 0 Å². The van der Waals surface area contributed by atoms with E-state index in [-0.39, 0.29) is 12.6 Å². The molecule has 1 heterocycles. The Bertz CT molecular complexity index is 120. The first kappa shape index (κ1) is 7.94. The van der Waals surface area contributed by atoms with Gasteiger partial charge in [-0.3, -0.25) is 4.90 Å². The van der Waals surface area contributed by atoms with Gasteiger partial charge in [-0.05, 0) is 7.05 Å². The maximum Gasteiger partial charge on any atom is 0.0988 e. The highest BCUT2D eigenvalue weighted by molar-refractivity contribution is 4.90. The topological polar surface area (TPSA) is 63.9 Å². The smallest absolute Gasteiger partial charge is 0.0988 e. The fraction of sp³-hybridized carbons (Fsp3) is 1.00. The van der Waals surface area contributed by atoms with Gasteiger partial charge in [-0.1, -0.05) is 0 Å². The second-order valence-corrected chi connectivity index (χ2v) is 2.75. The fourth-order valence-electron chi connectivity index (χ4n) is 1.30. The van der Waals surface area contributed by atoms with E-state index >= 15 is 0 Å². The Morgan fingerprint density at radius 3 is 2.30 bits per heavy atom. The third-order valence-electron chi connectivity index (χ3n) is 2.02. The SMILES string of the molecule is CN1C[C@@H](O)[C@H](O)C1CO. The molecule has 1 unspecified atom stereocenters. The Kier molecular flexibility index (Phi) is 2.25. The van der Waals surface area contributed by atoms with Crippen LogP contribution in [0.5, 0.6) is 0 Å². The van der Waals surface area contributed by atoms with Crippen LogP contribution in [-0.4, -0.2) is 58.7 Å². The average Bonchev–Trinajstić information content (AvgIpc) is 2.09. The molecule has 1 rings (SSSR count). The zero-order valence-corrected chi connectivity index (χ0v) is 5.94. The average molecular weight is 147 g/mol. The molecule has 0 saturated carbocycles. The minimum atomic E-state index is -0.796. The Labute approximate surface area is 59.7 Å². The van der Waals surface area contributed by atoms with E-state index in [0.717, 1.165) is 0 Å². The molecule has 4 heteroatoms. The molecule has 0 aliphatic carbocycles. The first-order valence-electron chi connectivity index (χ1n) is 3.34. The number of hydrogen-bond donors (Lipinski definition) is 3. The summed E-state index contributed by atoms with van der Waals surface area (Å²) in [7, 11) is 1.76. The fourth-order valence-corrected chi connectivity index (χ4v) is 1.30. The number of β-amino-alcohol motifs (C(OH)–C–C–N with tert-alkyl or cyclic N) is 1. The van der Waals surface area contributed by atoms with E-state index in [2.05, 4.69) is 0 Å². The lowest BCUT2D eigenvalue weighted by Gasteiger charge is -2.18. The summed E-state index contributed by atoms with van der Waals surface area (Å²) in [6, 6.07) is -0.296. The van der Waals surface area contributed by atoms with Gasteiger partial charge in [0.2, 0.25) is 0 Å². The van der Waals surface area contributed by atoms with Gasteiger partial charge in [-0.2, -0.15) is 0 Å². The van der Waals surface area contributed by atoms with E-state index in [1.807, 2.05) is 0 Å². The largest absolute Gasteiger partial charge is 0.395 e. The minimum absolute atomic E-state index is 0.102. The third-order valence-corrected chi connectivity index (χ3v) is 2.02. The first-order chi connectivity index (χ1) is 4.66. The molecular weight excluding hydrogens is 134 g/mol. The molecule has 0 spiro atoms. The van der Waals surface area contributed by atoms with E-state index in [4.69, 9.17) is 10.2 Å². The molecular formula is C6H13NO3. The summed E-state index contributed by atoms with van der Waals surface area (Å²) in [5, 5.41) is 27.0. The number of rotatable bonds is 1. The summed E-state index contributed by atoms with van der Waals surface area (Å²) >= 11 is 0. The van der Waals surface area contributed by atoms with Crippen LogP contribution >= 0.6 is 0 Å². The molecule has 3 N–H and O–H groups in total. The summed E-state index contributed by atoms with van der Waals surface area (Å²) < 4.78 is 0. The predicted molar refractivity (Wildman–Crippen MR) is 35.5 cm³/mol. The van der Waals surface area contributed by atoms with Gasteiger partial charge >= 0.3 is 0 Å². The number of likely N-dealkylation sites (tertiary alicyclic amines) is 1. The lowest BCUT2D eigenvalue weighted by molar-refractivity contribution is 0.0237. The molecule has 1 aliphatic heterocycles. The Balaban J connectivity index is 2.55. The van der Waals surface area contributed by atoms with Crippen molar-refractivity contribution in [1.82, 2.24) is 4.90 Å². The van der Waals surface area contributed by atoms with Gasteiger partial charge in [0.15, 0.2) is 0 Å². The second kappa shape index (κ2) is 2.84. The van der Waals surface area contributed by atoms with Crippen molar-refractivity contribution in [3.63, 3.8) is 0 Å². The Morgan fingerprint density at radius 2 is 2.10 bits per heavy atom. The number of likely N-dealkylation sites (N-methyl/N-ethyl adjacent to an activating group) is 1. The molecule has 0 amide bonds. The standard InChI is InChI=1S/C6H13NO3/c1-7-2-5(9)6(10)4(7)3-8/h4-6,8-10H,2-3H2,1H3/t4?,5-,6-/m1/s1. The van der Waals surface area contributed by atoms with E-state index in [9.17, 15) is 5.11 Å². The maximum atomic E-state index is 9.18. The zero-order chi connectivity index (χ0) is 7.72. The quantitative estimate of drug-likeness (QED) is 0.402. The van der Waals surface area contributed by atoms with Gasteiger partial charge in [-0.25, -0.2) is 0 Å². The van der Waals surface area contributed by atoms with Crippen molar-refractivity contribution < 1.29 is 15.3 Å². The van der Waals surface area contributed by atoms with Gasteiger partial charge in [0.05, 0.1) is 24.9 Å². The molecule has 4 nitrogen and oxygen atoms in total. The summed E-state index contributed by atoms with van der Waals surface area (Å²) in [6.07, 6.45) is -1.50. The van der Waals surface area contributed by atoms with Crippen molar-refractivity contribution in [3.05, 3.63) is 0 Å². The molecule has 1 fully saturated rings. The van der Waals surface area contributed by atoms with E-state index in [1.54, 1.807) is 11.9 Å². The number of hydrogen-bond acceptors (Lipinski definition) is 4. The van der Waals surface area contributed by atoms with Crippen LogP contribution in [0.2, 0.25) is 0 Å². The van der Waals surface area contributed by atoms with Crippen LogP contribution in [0.1, 0.15) is 0 Å². The minimum Gasteiger partial charge on any atom is -0.395 e. The van der Waals surface area contributed by atoms with Gasteiger partial charge in [-0.15, -0.1) is 0 Å². The summed E-state index contributed by atoms with van der Waals surface area (Å²) in [4.78, 5) is 1.75. The van der Waals surface area contributed by atoms with Crippen LogP contribution in [0.3, 0.4) is 0 Å². The third kappa shape index (κ3) is 1.15. The molecule has 1 saturated heterocycles. The number of aliphatic hydroxyl groups is 3. The number of nitrogens with zero attached hydrogens (tertiary/aromatic N) is 1. The van der Waals surface area contributed by atoms with Crippen LogP contribution in [0.25, 0.3) is 0 Å². The Morgan fingerprint density at radius 1 is 1.50 bits per heavy atom. The van der Waals surface area contributed by atoms with Crippen molar-refractivity contribution in [1.29, 1.82) is 0 Å². The van der Waals surface area contributed by atoms with Crippen LogP contribution in [0, 0.1) is 0 Å². The van der Waals surface area contributed by atoms with E-state index in [1.165, 1.54) is 0 Å². The molecule has 0 radical (unpaired) electrons. The highest BCUT2D eigenvalue weighted by Crippen LogP contribution is 2.15. The number of aliphatic hydroxyl groups excluding tert-OH is 3. The van der Waals surface area contributed by atoms with Crippen LogP contribution in [0.15, 0.2) is 0 Å². The maximum absolute atomic E-state index is 9.18. The molecule has 0 aromatic heterocycles. The molecule has 0 bridgehead atoms. The predicted octanol–water partition coefficient (Wildman–Crippen LogP) is -1.99. The highest BCUT2D eigenvalue weighted by atomic mass is 16.3. The lowest BCUT2D eigenvalue weighted by atomic mass is 10.1. The second-order valence-electron chi connectivity index (χ2n) is 2.75. The van der Waals surface area contributed by atoms with Crippen LogP contribution in [-0.2, 0) is 0 Å². The van der Waals surface area contributed by atoms with Crippen LogP contribution in [0.4, 0.5) is 0 Å². The van der Waals surface area contributed by atoms with Gasteiger partial charge in [0.1, 0.15) is 0 Å². The van der Waals surface area contributed by atoms with Crippen molar-refractivity contribution in [2.75, 3.05) is 20.2 Å². The van der Waals surface area contributed by atoms with E-state index in [0.29, 0.717) is 6.54 Å². The summed E-state index contributed by atoms with van der Waals surface area (Å²) in [5.41, 5.74) is 0. The molecule has 10 heavy (non-hydrogen) atoms. The molecule has 1 aliphatic rings. The van der Waals surface area contributed by atoms with Crippen molar-refractivity contribution in [2.45, 2.75) is 18.2 Å². The first-order valence-corrected chi connectivity index (χ1v) is 3.34. The summed E-state index contributed by atoms with van der Waals surface area (Å²) in [6.45, 7) is 0.334. The van der Waals surface area contributed by atoms with Crippen molar-refractivity contribution in [2.24, 2.45) is 0 Å². The van der Waals surface area contributed by atoms with Gasteiger partial charge < -0.3 is 15.3 Å². The Hall–Kier alpha value is -0.160. The highest BCUT2D eigenvalue weighted by Gasteiger charge is 2.36.